The summed E-state index contributed by atoms with van der Waals surface area (Å²) in [5.74, 6) is 1.07. The van der Waals surface area contributed by atoms with Crippen molar-refractivity contribution in [1.82, 2.24) is 0 Å². The molecule has 0 aliphatic carbocycles. The van der Waals surface area contributed by atoms with E-state index in [1.165, 1.54) is 0 Å². The molecule has 0 bridgehead atoms. The highest BCUT2D eigenvalue weighted by molar-refractivity contribution is 7.99. The fourth-order valence-electron chi connectivity index (χ4n) is 2.18. The highest BCUT2D eigenvalue weighted by Crippen LogP contribution is 2.35. The molecule has 1 saturated heterocycles. The maximum Gasteiger partial charge on any atom is 0.348 e. The van der Waals surface area contributed by atoms with Gasteiger partial charge in [-0.2, -0.15) is 0 Å². The van der Waals surface area contributed by atoms with Gasteiger partial charge in [-0.25, -0.2) is 4.79 Å². The van der Waals surface area contributed by atoms with Crippen molar-refractivity contribution in [3.63, 3.8) is 0 Å². The van der Waals surface area contributed by atoms with E-state index in [9.17, 15) is 4.79 Å². The second-order valence-corrected chi connectivity index (χ2v) is 5.69. The van der Waals surface area contributed by atoms with E-state index in [-0.39, 0.29) is 12.1 Å². The fourth-order valence-corrected chi connectivity index (χ4v) is 3.15. The molecule has 1 aromatic rings. The standard InChI is InChI=1S/C14H16O4S/c15-14(17-8-10-4-3-7-16-10)12-9-19-13-6-2-1-5-11(13)18-12/h1-2,5-6,10,12H,3-4,7-9H2/t10-,12-/m0/s1. The topological polar surface area (TPSA) is 44.8 Å². The highest BCUT2D eigenvalue weighted by Gasteiger charge is 2.29. The van der Waals surface area contributed by atoms with E-state index >= 15 is 0 Å². The Kier molecular flexibility index (Phi) is 3.94. The second-order valence-electron chi connectivity index (χ2n) is 4.63. The van der Waals surface area contributed by atoms with Crippen molar-refractivity contribution in [2.45, 2.75) is 29.9 Å². The number of carbonyl (C=O) groups is 1. The first-order valence-corrected chi connectivity index (χ1v) is 7.48. The molecule has 2 heterocycles. The van der Waals surface area contributed by atoms with Gasteiger partial charge in [0.15, 0.2) is 0 Å². The van der Waals surface area contributed by atoms with Gasteiger partial charge in [0.25, 0.3) is 0 Å². The SMILES string of the molecule is O=C(OC[C@@H]1CCCO1)[C@@H]1CSc2ccccc2O1. The molecule has 3 rings (SSSR count). The summed E-state index contributed by atoms with van der Waals surface area (Å²) in [6.07, 6.45) is 1.57. The molecule has 2 aliphatic rings. The molecule has 0 N–H and O–H groups in total. The zero-order valence-corrected chi connectivity index (χ0v) is 11.4. The maximum absolute atomic E-state index is 11.9. The number of carbonyl (C=O) groups excluding carboxylic acids is 1. The van der Waals surface area contributed by atoms with E-state index in [2.05, 4.69) is 0 Å². The van der Waals surface area contributed by atoms with Gasteiger partial charge in [0.2, 0.25) is 6.10 Å². The summed E-state index contributed by atoms with van der Waals surface area (Å²) < 4.78 is 16.4. The van der Waals surface area contributed by atoms with Gasteiger partial charge >= 0.3 is 5.97 Å². The average molecular weight is 280 g/mol. The lowest BCUT2D eigenvalue weighted by molar-refractivity contribution is -0.154. The lowest BCUT2D eigenvalue weighted by Crippen LogP contribution is -2.35. The number of rotatable bonds is 3. The van der Waals surface area contributed by atoms with E-state index in [0.29, 0.717) is 12.4 Å². The van der Waals surface area contributed by atoms with Crippen LogP contribution in [0, 0.1) is 0 Å². The van der Waals surface area contributed by atoms with Crippen molar-refractivity contribution in [3.8, 4) is 5.75 Å². The fraction of sp³-hybridized carbons (Fsp3) is 0.500. The summed E-state index contributed by atoms with van der Waals surface area (Å²) in [6.45, 7) is 1.11. The molecule has 0 amide bonds. The van der Waals surface area contributed by atoms with E-state index in [1.807, 2.05) is 24.3 Å². The smallest absolute Gasteiger partial charge is 0.348 e. The highest BCUT2D eigenvalue weighted by atomic mass is 32.2. The lowest BCUT2D eigenvalue weighted by Gasteiger charge is -2.24. The molecule has 102 valence electrons. The Morgan fingerprint density at radius 1 is 1.42 bits per heavy atom. The summed E-state index contributed by atoms with van der Waals surface area (Å²) in [7, 11) is 0. The number of thioether (sulfide) groups is 1. The molecule has 1 aromatic carbocycles. The number of fused-ring (bicyclic) bond motifs is 1. The monoisotopic (exact) mass is 280 g/mol. The van der Waals surface area contributed by atoms with Crippen LogP contribution in [0.1, 0.15) is 12.8 Å². The molecule has 1 fully saturated rings. The Hall–Kier alpha value is -1.20. The summed E-state index contributed by atoms with van der Waals surface area (Å²) >= 11 is 1.63. The Balaban J connectivity index is 1.54. The van der Waals surface area contributed by atoms with Crippen LogP contribution in [0.25, 0.3) is 0 Å². The summed E-state index contributed by atoms with van der Waals surface area (Å²) in [5.41, 5.74) is 0. The van der Waals surface area contributed by atoms with Crippen molar-refractivity contribution in [3.05, 3.63) is 24.3 Å². The summed E-state index contributed by atoms with van der Waals surface area (Å²) in [6, 6.07) is 7.74. The molecule has 2 aliphatic heterocycles. The third-order valence-electron chi connectivity index (χ3n) is 3.21. The number of esters is 1. The van der Waals surface area contributed by atoms with Crippen molar-refractivity contribution in [2.24, 2.45) is 0 Å². The minimum atomic E-state index is -0.513. The van der Waals surface area contributed by atoms with Crippen LogP contribution >= 0.6 is 11.8 Å². The van der Waals surface area contributed by atoms with E-state index < -0.39 is 6.10 Å². The van der Waals surface area contributed by atoms with Crippen LogP contribution in [0.2, 0.25) is 0 Å². The molecule has 5 heteroatoms. The van der Waals surface area contributed by atoms with Crippen LogP contribution in [0.3, 0.4) is 0 Å². The first-order chi connectivity index (χ1) is 9.33. The van der Waals surface area contributed by atoms with Gasteiger partial charge in [-0.3, -0.25) is 0 Å². The predicted molar refractivity (Wildman–Crippen MR) is 71.5 cm³/mol. The van der Waals surface area contributed by atoms with Gasteiger partial charge in [-0.15, -0.1) is 11.8 Å². The summed E-state index contributed by atoms with van der Waals surface area (Å²) in [4.78, 5) is 13.0. The normalized spacial score (nSPS) is 25.5. The average Bonchev–Trinajstić information content (AvgIpc) is 2.97. The largest absolute Gasteiger partial charge is 0.477 e. The zero-order chi connectivity index (χ0) is 13.1. The number of hydrogen-bond acceptors (Lipinski definition) is 5. The molecule has 0 spiro atoms. The molecular formula is C14H16O4S. The third kappa shape index (κ3) is 3.04. The van der Waals surface area contributed by atoms with Gasteiger partial charge in [-0.1, -0.05) is 12.1 Å². The van der Waals surface area contributed by atoms with Gasteiger partial charge in [0.1, 0.15) is 12.4 Å². The number of benzene rings is 1. The zero-order valence-electron chi connectivity index (χ0n) is 10.5. The molecule has 0 aromatic heterocycles. The van der Waals surface area contributed by atoms with E-state index in [4.69, 9.17) is 14.2 Å². The van der Waals surface area contributed by atoms with Crippen molar-refractivity contribution in [1.29, 1.82) is 0 Å². The van der Waals surface area contributed by atoms with Crippen LogP contribution < -0.4 is 4.74 Å². The minimum absolute atomic E-state index is 0.0625. The lowest BCUT2D eigenvalue weighted by atomic mass is 10.2. The van der Waals surface area contributed by atoms with Crippen LogP contribution in [-0.4, -0.2) is 37.1 Å². The van der Waals surface area contributed by atoms with Gasteiger partial charge in [0.05, 0.1) is 6.10 Å². The first kappa shape index (κ1) is 12.8. The molecule has 2 atom stereocenters. The second kappa shape index (κ2) is 5.84. The van der Waals surface area contributed by atoms with Crippen molar-refractivity contribution in [2.75, 3.05) is 19.0 Å². The molecule has 0 unspecified atom stereocenters. The minimum Gasteiger partial charge on any atom is -0.477 e. The Morgan fingerprint density at radius 2 is 2.32 bits per heavy atom. The van der Waals surface area contributed by atoms with Gasteiger partial charge in [-0.05, 0) is 25.0 Å². The maximum atomic E-state index is 11.9. The predicted octanol–water partition coefficient (Wildman–Crippen LogP) is 2.26. The number of hydrogen-bond donors (Lipinski definition) is 0. The van der Waals surface area contributed by atoms with Crippen molar-refractivity contribution < 1.29 is 19.0 Å². The van der Waals surface area contributed by atoms with Crippen molar-refractivity contribution >= 4 is 17.7 Å². The Bertz CT molecular complexity index is 457. The van der Waals surface area contributed by atoms with Crippen LogP contribution in [-0.2, 0) is 14.3 Å². The molecule has 0 saturated carbocycles. The van der Waals surface area contributed by atoms with E-state index in [1.54, 1.807) is 11.8 Å². The Labute approximate surface area is 116 Å². The van der Waals surface area contributed by atoms with Gasteiger partial charge in [0, 0.05) is 17.3 Å². The number of para-hydroxylation sites is 1. The van der Waals surface area contributed by atoms with Crippen LogP contribution in [0.15, 0.2) is 29.2 Å². The molecule has 0 radical (unpaired) electrons. The van der Waals surface area contributed by atoms with Crippen LogP contribution in [0.4, 0.5) is 0 Å². The number of ether oxygens (including phenoxy) is 3. The Morgan fingerprint density at radius 3 is 3.16 bits per heavy atom. The molecule has 4 nitrogen and oxygen atoms in total. The first-order valence-electron chi connectivity index (χ1n) is 6.49. The molecule has 19 heavy (non-hydrogen) atoms. The quantitative estimate of drug-likeness (QED) is 0.795. The molecular weight excluding hydrogens is 264 g/mol. The van der Waals surface area contributed by atoms with Gasteiger partial charge < -0.3 is 14.2 Å². The summed E-state index contributed by atoms with van der Waals surface area (Å²) in [5, 5.41) is 0. The van der Waals surface area contributed by atoms with E-state index in [0.717, 1.165) is 30.1 Å². The third-order valence-corrected chi connectivity index (χ3v) is 4.32. The van der Waals surface area contributed by atoms with Crippen LogP contribution in [0.5, 0.6) is 5.75 Å².